The van der Waals surface area contributed by atoms with Crippen LogP contribution in [0.1, 0.15) is 50.6 Å². The molecule has 0 unspecified atom stereocenters. The second-order valence-corrected chi connectivity index (χ2v) is 9.19. The Morgan fingerprint density at radius 1 is 1.19 bits per heavy atom. The van der Waals surface area contributed by atoms with Gasteiger partial charge < -0.3 is 15.4 Å². The largest absolute Gasteiger partial charge is 0.465 e. The Hall–Kier alpha value is -2.71. The number of fused-ring (bicyclic) bond motifs is 1. The van der Waals surface area contributed by atoms with Crippen LogP contribution in [0.15, 0.2) is 30.3 Å². The maximum Gasteiger partial charge on any atom is 0.341 e. The lowest BCUT2D eigenvalue weighted by molar-refractivity contribution is 0.0601. The molecule has 31 heavy (non-hydrogen) atoms. The second kappa shape index (κ2) is 9.20. The molecule has 0 amide bonds. The van der Waals surface area contributed by atoms with Crippen LogP contribution in [-0.2, 0) is 24.1 Å². The van der Waals surface area contributed by atoms with Crippen molar-refractivity contribution in [2.75, 3.05) is 17.7 Å². The van der Waals surface area contributed by atoms with E-state index in [-0.39, 0.29) is 5.97 Å². The second-order valence-electron chi connectivity index (χ2n) is 7.67. The first-order valence-corrected chi connectivity index (χ1v) is 11.6. The minimum atomic E-state index is -0.312. The van der Waals surface area contributed by atoms with E-state index in [1.54, 1.807) is 11.3 Å². The van der Waals surface area contributed by atoms with Gasteiger partial charge in [0.2, 0.25) is 0 Å². The van der Waals surface area contributed by atoms with Gasteiger partial charge >= 0.3 is 5.97 Å². The summed E-state index contributed by atoms with van der Waals surface area (Å²) in [6, 6.07) is 10.2. The van der Waals surface area contributed by atoms with E-state index in [1.807, 2.05) is 36.7 Å². The maximum absolute atomic E-state index is 12.5. The summed E-state index contributed by atoms with van der Waals surface area (Å²) in [5.41, 5.74) is 5.68. The molecule has 3 aromatic rings. The molecule has 0 saturated carbocycles. The molecule has 0 saturated heterocycles. The predicted octanol–water partition coefficient (Wildman–Crippen LogP) is 5.08. The first-order chi connectivity index (χ1) is 15.0. The zero-order valence-corrected chi connectivity index (χ0v) is 19.6. The summed E-state index contributed by atoms with van der Waals surface area (Å²) in [7, 11) is 1.42. The zero-order chi connectivity index (χ0) is 22.0. The Morgan fingerprint density at radius 2 is 1.94 bits per heavy atom. The fourth-order valence-corrected chi connectivity index (χ4v) is 5.56. The molecule has 1 aromatic carbocycles. The number of thiocarbonyl (C=S) groups is 1. The van der Waals surface area contributed by atoms with Crippen molar-refractivity contribution < 1.29 is 9.53 Å². The monoisotopic (exact) mass is 454 g/mol. The fourth-order valence-electron chi connectivity index (χ4n) is 4.01. The number of hydrogen-bond donors (Lipinski definition) is 2. The van der Waals surface area contributed by atoms with Gasteiger partial charge in [0, 0.05) is 4.88 Å². The first-order valence-electron chi connectivity index (χ1n) is 10.4. The highest BCUT2D eigenvalue weighted by Gasteiger charge is 2.26. The molecule has 2 N–H and O–H groups in total. The van der Waals surface area contributed by atoms with E-state index >= 15 is 0 Å². The van der Waals surface area contributed by atoms with Gasteiger partial charge in [-0.1, -0.05) is 30.3 Å². The standard InChI is InChI=1S/C23H26N4O2S2/c1-14-20(15(2)27(26-14)13-16-9-5-4-6-10-16)24-23(30)25-21-19(22(28)29-3)17-11-7-8-12-18(17)31-21/h4-6,9-10H,7-8,11-13H2,1-3H3,(H2,24,25,30). The lowest BCUT2D eigenvalue weighted by atomic mass is 9.95. The van der Waals surface area contributed by atoms with Gasteiger partial charge in [0.1, 0.15) is 5.00 Å². The molecule has 2 aromatic heterocycles. The number of carbonyl (C=O) groups excluding carboxylic acids is 1. The summed E-state index contributed by atoms with van der Waals surface area (Å²) in [5.74, 6) is -0.312. The van der Waals surface area contributed by atoms with E-state index in [9.17, 15) is 4.79 Å². The molecular formula is C23H26N4O2S2. The number of hydrogen-bond acceptors (Lipinski definition) is 5. The Morgan fingerprint density at radius 3 is 2.68 bits per heavy atom. The van der Waals surface area contributed by atoms with Crippen LogP contribution in [0.3, 0.4) is 0 Å². The highest BCUT2D eigenvalue weighted by atomic mass is 32.1. The molecule has 1 aliphatic carbocycles. The van der Waals surface area contributed by atoms with E-state index in [0.717, 1.165) is 53.3 Å². The molecule has 162 valence electrons. The molecule has 6 nitrogen and oxygen atoms in total. The third-order valence-corrected chi connectivity index (χ3v) is 6.99. The highest BCUT2D eigenvalue weighted by Crippen LogP contribution is 2.38. The van der Waals surface area contributed by atoms with Crippen molar-refractivity contribution in [3.05, 3.63) is 63.3 Å². The molecule has 0 fully saturated rings. The van der Waals surface area contributed by atoms with E-state index in [4.69, 9.17) is 17.0 Å². The number of benzene rings is 1. The van der Waals surface area contributed by atoms with Gasteiger partial charge in [-0.15, -0.1) is 11.3 Å². The van der Waals surface area contributed by atoms with E-state index in [2.05, 4.69) is 27.9 Å². The normalized spacial score (nSPS) is 12.9. The van der Waals surface area contributed by atoms with Crippen LogP contribution >= 0.6 is 23.6 Å². The predicted molar refractivity (Wildman–Crippen MR) is 129 cm³/mol. The number of carbonyl (C=O) groups is 1. The molecule has 0 bridgehead atoms. The Labute approximate surface area is 191 Å². The van der Waals surface area contributed by atoms with Crippen LogP contribution in [0.2, 0.25) is 0 Å². The van der Waals surface area contributed by atoms with Gasteiger partial charge in [-0.3, -0.25) is 4.68 Å². The number of rotatable bonds is 5. The molecule has 0 spiro atoms. The quantitative estimate of drug-likeness (QED) is 0.414. The summed E-state index contributed by atoms with van der Waals surface area (Å²) in [6.07, 6.45) is 4.14. The number of nitrogens with zero attached hydrogens (tertiary/aromatic N) is 2. The summed E-state index contributed by atoms with van der Waals surface area (Å²) >= 11 is 7.19. The van der Waals surface area contributed by atoms with Crippen molar-refractivity contribution in [1.82, 2.24) is 9.78 Å². The third-order valence-electron chi connectivity index (χ3n) is 5.58. The maximum atomic E-state index is 12.5. The Bertz CT molecular complexity index is 1120. The minimum Gasteiger partial charge on any atom is -0.465 e. The van der Waals surface area contributed by atoms with Gasteiger partial charge in [-0.2, -0.15) is 5.10 Å². The SMILES string of the molecule is COC(=O)c1c(NC(=S)Nc2c(C)nn(Cc3ccccc3)c2C)sc2c1CCCC2. The van der Waals surface area contributed by atoms with Crippen molar-refractivity contribution in [1.29, 1.82) is 0 Å². The molecule has 0 atom stereocenters. The number of aromatic nitrogens is 2. The number of thiophene rings is 1. The number of ether oxygens (including phenoxy) is 1. The van der Waals surface area contributed by atoms with Crippen molar-refractivity contribution >= 4 is 45.3 Å². The van der Waals surface area contributed by atoms with Crippen molar-refractivity contribution in [2.24, 2.45) is 0 Å². The average Bonchev–Trinajstić information content (AvgIpc) is 3.25. The van der Waals surface area contributed by atoms with Crippen molar-refractivity contribution in [3.63, 3.8) is 0 Å². The van der Waals surface area contributed by atoms with Gasteiger partial charge in [0.05, 0.1) is 36.3 Å². The van der Waals surface area contributed by atoms with E-state index < -0.39 is 0 Å². The number of aryl methyl sites for hydroxylation is 2. The Balaban J connectivity index is 1.53. The minimum absolute atomic E-state index is 0.312. The molecule has 8 heteroatoms. The van der Waals surface area contributed by atoms with Gasteiger partial charge in [-0.25, -0.2) is 4.79 Å². The molecular weight excluding hydrogens is 428 g/mol. The third kappa shape index (κ3) is 4.50. The van der Waals surface area contributed by atoms with E-state index in [0.29, 0.717) is 17.2 Å². The summed E-state index contributed by atoms with van der Waals surface area (Å²) in [6.45, 7) is 4.68. The van der Waals surface area contributed by atoms with Crippen LogP contribution in [0.4, 0.5) is 10.7 Å². The van der Waals surface area contributed by atoms with Gasteiger partial charge in [-0.05, 0) is 62.9 Å². The number of nitrogens with one attached hydrogen (secondary N) is 2. The smallest absolute Gasteiger partial charge is 0.341 e. The summed E-state index contributed by atoms with van der Waals surface area (Å²) in [5, 5.41) is 12.4. The van der Waals surface area contributed by atoms with Crippen molar-refractivity contribution in [3.8, 4) is 0 Å². The lowest BCUT2D eigenvalue weighted by Crippen LogP contribution is -2.21. The molecule has 2 heterocycles. The van der Waals surface area contributed by atoms with Crippen LogP contribution in [0.5, 0.6) is 0 Å². The van der Waals surface area contributed by atoms with E-state index in [1.165, 1.54) is 17.6 Å². The zero-order valence-electron chi connectivity index (χ0n) is 17.9. The highest BCUT2D eigenvalue weighted by molar-refractivity contribution is 7.80. The molecule has 4 rings (SSSR count). The summed E-state index contributed by atoms with van der Waals surface area (Å²) < 4.78 is 7.02. The number of methoxy groups -OCH3 is 1. The molecule has 0 aliphatic heterocycles. The lowest BCUT2D eigenvalue weighted by Gasteiger charge is -2.13. The number of esters is 1. The Kier molecular flexibility index (Phi) is 6.38. The van der Waals surface area contributed by atoms with Crippen LogP contribution in [0.25, 0.3) is 0 Å². The van der Waals surface area contributed by atoms with Gasteiger partial charge in [0.15, 0.2) is 5.11 Å². The topological polar surface area (TPSA) is 68.2 Å². The fraction of sp³-hybridized carbons (Fsp3) is 0.348. The van der Waals surface area contributed by atoms with Gasteiger partial charge in [0.25, 0.3) is 0 Å². The van der Waals surface area contributed by atoms with Crippen LogP contribution in [0, 0.1) is 13.8 Å². The first kappa shape index (κ1) is 21.5. The van der Waals surface area contributed by atoms with Crippen molar-refractivity contribution in [2.45, 2.75) is 46.1 Å². The molecule has 1 aliphatic rings. The van der Waals surface area contributed by atoms with Crippen LogP contribution < -0.4 is 10.6 Å². The van der Waals surface area contributed by atoms with Crippen LogP contribution in [-0.4, -0.2) is 28.0 Å². The molecule has 0 radical (unpaired) electrons. The average molecular weight is 455 g/mol. The number of anilines is 2. The summed E-state index contributed by atoms with van der Waals surface area (Å²) in [4.78, 5) is 13.7.